The van der Waals surface area contributed by atoms with Gasteiger partial charge < -0.3 is 9.73 Å². The first-order valence-electron chi connectivity index (χ1n) is 7.43. The van der Waals surface area contributed by atoms with Crippen molar-refractivity contribution in [2.24, 2.45) is 5.92 Å². The number of hydrogen-bond donors (Lipinski definition) is 1. The second kappa shape index (κ2) is 5.52. The molecular weight excluding hydrogens is 255 g/mol. The number of fused-ring (bicyclic) bond motifs is 1. The van der Waals surface area contributed by atoms with Gasteiger partial charge in [0, 0.05) is 12.5 Å². The number of hydrogen-bond acceptors (Lipinski definition) is 3. The molecule has 2 aromatic rings. The van der Waals surface area contributed by atoms with Crippen LogP contribution in [0.15, 0.2) is 16.5 Å². The molecule has 0 bridgehead atoms. The van der Waals surface area contributed by atoms with Gasteiger partial charge in [-0.3, -0.25) is 0 Å². The maximum absolute atomic E-state index is 14.0. The minimum Gasteiger partial charge on any atom is -0.437 e. The Morgan fingerprint density at radius 3 is 2.85 bits per heavy atom. The average Bonchev–Trinajstić information content (AvgIpc) is 2.77. The SMILES string of the molecule is CC(C)c1nc2cc(CNCC3CCC3)cc(F)c2o1. The molecule has 0 spiro atoms. The highest BCUT2D eigenvalue weighted by Gasteiger charge is 2.17. The summed E-state index contributed by atoms with van der Waals surface area (Å²) in [7, 11) is 0. The third-order valence-electron chi connectivity index (χ3n) is 4.00. The van der Waals surface area contributed by atoms with Crippen molar-refractivity contribution in [1.82, 2.24) is 10.3 Å². The quantitative estimate of drug-likeness (QED) is 0.897. The van der Waals surface area contributed by atoms with Gasteiger partial charge in [-0.2, -0.15) is 0 Å². The van der Waals surface area contributed by atoms with Gasteiger partial charge in [-0.25, -0.2) is 9.37 Å². The molecule has 0 aliphatic heterocycles. The van der Waals surface area contributed by atoms with E-state index in [0.29, 0.717) is 18.0 Å². The molecule has 0 atom stereocenters. The predicted octanol–water partition coefficient (Wildman–Crippen LogP) is 3.98. The van der Waals surface area contributed by atoms with E-state index in [4.69, 9.17) is 4.42 Å². The Balaban J connectivity index is 1.74. The summed E-state index contributed by atoms with van der Waals surface area (Å²) in [5, 5.41) is 3.40. The van der Waals surface area contributed by atoms with Crippen LogP contribution in [0.4, 0.5) is 4.39 Å². The summed E-state index contributed by atoms with van der Waals surface area (Å²) < 4.78 is 19.5. The van der Waals surface area contributed by atoms with Crippen LogP contribution in [0.1, 0.15) is 50.5 Å². The fraction of sp³-hybridized carbons (Fsp3) is 0.562. The zero-order valence-electron chi connectivity index (χ0n) is 12.1. The Morgan fingerprint density at radius 1 is 1.40 bits per heavy atom. The number of rotatable bonds is 5. The van der Waals surface area contributed by atoms with Gasteiger partial charge in [-0.05, 0) is 43.0 Å². The standard InChI is InChI=1S/C16H21FN2O/c1-10(2)16-19-14-7-12(6-13(17)15(14)20-16)9-18-8-11-4-3-5-11/h6-7,10-11,18H,3-5,8-9H2,1-2H3. The van der Waals surface area contributed by atoms with Crippen LogP contribution in [0.5, 0.6) is 0 Å². The first-order valence-corrected chi connectivity index (χ1v) is 7.43. The third kappa shape index (κ3) is 2.70. The Morgan fingerprint density at radius 2 is 2.20 bits per heavy atom. The molecule has 3 rings (SSSR count). The highest BCUT2D eigenvalue weighted by molar-refractivity contribution is 5.74. The van der Waals surface area contributed by atoms with Gasteiger partial charge in [-0.1, -0.05) is 20.3 Å². The lowest BCUT2D eigenvalue weighted by molar-refractivity contribution is 0.301. The highest BCUT2D eigenvalue weighted by Crippen LogP contribution is 2.26. The Labute approximate surface area is 118 Å². The topological polar surface area (TPSA) is 38.1 Å². The van der Waals surface area contributed by atoms with E-state index in [1.54, 1.807) is 6.07 Å². The van der Waals surface area contributed by atoms with E-state index in [1.165, 1.54) is 19.3 Å². The molecule has 1 aromatic heterocycles. The minimum absolute atomic E-state index is 0.169. The summed E-state index contributed by atoms with van der Waals surface area (Å²) in [6, 6.07) is 3.47. The number of nitrogens with zero attached hydrogens (tertiary/aromatic N) is 1. The van der Waals surface area contributed by atoms with E-state index < -0.39 is 0 Å². The molecule has 0 saturated heterocycles. The fourth-order valence-corrected chi connectivity index (χ4v) is 2.53. The maximum Gasteiger partial charge on any atom is 0.198 e. The van der Waals surface area contributed by atoms with Crippen molar-refractivity contribution in [2.75, 3.05) is 6.54 Å². The van der Waals surface area contributed by atoms with E-state index in [2.05, 4.69) is 10.3 Å². The van der Waals surface area contributed by atoms with Crippen LogP contribution >= 0.6 is 0 Å². The second-order valence-corrected chi connectivity index (χ2v) is 6.06. The van der Waals surface area contributed by atoms with Gasteiger partial charge in [0.2, 0.25) is 0 Å². The number of aromatic nitrogens is 1. The smallest absolute Gasteiger partial charge is 0.198 e. The van der Waals surface area contributed by atoms with Crippen LogP contribution in [0.3, 0.4) is 0 Å². The van der Waals surface area contributed by atoms with Gasteiger partial charge in [0.25, 0.3) is 0 Å². The molecule has 0 amide bonds. The average molecular weight is 276 g/mol. The van der Waals surface area contributed by atoms with Crippen molar-refractivity contribution in [3.05, 3.63) is 29.4 Å². The van der Waals surface area contributed by atoms with Crippen molar-refractivity contribution < 1.29 is 8.81 Å². The van der Waals surface area contributed by atoms with E-state index >= 15 is 0 Å². The first kappa shape index (κ1) is 13.6. The van der Waals surface area contributed by atoms with Crippen LogP contribution in [0, 0.1) is 11.7 Å². The molecule has 1 aromatic carbocycles. The molecule has 0 radical (unpaired) electrons. The zero-order valence-corrected chi connectivity index (χ0v) is 12.1. The van der Waals surface area contributed by atoms with E-state index in [1.807, 2.05) is 19.9 Å². The second-order valence-electron chi connectivity index (χ2n) is 6.06. The summed E-state index contributed by atoms with van der Waals surface area (Å²) in [5.74, 6) is 1.26. The van der Waals surface area contributed by atoms with Crippen molar-refractivity contribution in [3.63, 3.8) is 0 Å². The van der Waals surface area contributed by atoms with E-state index in [9.17, 15) is 4.39 Å². The molecule has 108 valence electrons. The number of halogens is 1. The van der Waals surface area contributed by atoms with Gasteiger partial charge in [0.1, 0.15) is 5.52 Å². The molecule has 3 nitrogen and oxygen atoms in total. The summed E-state index contributed by atoms with van der Waals surface area (Å²) in [6.45, 7) is 5.69. The van der Waals surface area contributed by atoms with Crippen molar-refractivity contribution >= 4 is 11.1 Å². The Kier molecular flexibility index (Phi) is 3.74. The normalized spacial score (nSPS) is 16.0. The molecular formula is C16H21FN2O. The lowest BCUT2D eigenvalue weighted by atomic mass is 9.85. The molecule has 1 heterocycles. The highest BCUT2D eigenvalue weighted by atomic mass is 19.1. The molecule has 1 saturated carbocycles. The monoisotopic (exact) mass is 276 g/mol. The predicted molar refractivity (Wildman–Crippen MR) is 77.1 cm³/mol. The van der Waals surface area contributed by atoms with Gasteiger partial charge >= 0.3 is 0 Å². The Hall–Kier alpha value is -1.42. The third-order valence-corrected chi connectivity index (χ3v) is 4.00. The summed E-state index contributed by atoms with van der Waals surface area (Å²) >= 11 is 0. The van der Waals surface area contributed by atoms with Crippen molar-refractivity contribution in [3.8, 4) is 0 Å². The molecule has 20 heavy (non-hydrogen) atoms. The maximum atomic E-state index is 14.0. The Bertz CT molecular complexity index is 602. The molecule has 1 fully saturated rings. The van der Waals surface area contributed by atoms with Gasteiger partial charge in [-0.15, -0.1) is 0 Å². The van der Waals surface area contributed by atoms with Gasteiger partial charge in [0.15, 0.2) is 17.3 Å². The molecule has 1 aliphatic rings. The number of benzene rings is 1. The van der Waals surface area contributed by atoms with Crippen molar-refractivity contribution in [2.45, 2.75) is 45.6 Å². The summed E-state index contributed by atoms with van der Waals surface area (Å²) in [6.07, 6.45) is 3.99. The molecule has 4 heteroatoms. The van der Waals surface area contributed by atoms with Gasteiger partial charge in [0.05, 0.1) is 0 Å². The summed E-state index contributed by atoms with van der Waals surface area (Å²) in [4.78, 5) is 4.37. The van der Waals surface area contributed by atoms with Crippen LogP contribution in [-0.4, -0.2) is 11.5 Å². The first-order chi connectivity index (χ1) is 9.63. The molecule has 0 unspecified atom stereocenters. The lowest BCUT2D eigenvalue weighted by Gasteiger charge is -2.25. The zero-order chi connectivity index (χ0) is 14.1. The molecule has 1 aliphatic carbocycles. The number of oxazole rings is 1. The van der Waals surface area contributed by atoms with Crippen LogP contribution < -0.4 is 5.32 Å². The minimum atomic E-state index is -0.317. The van der Waals surface area contributed by atoms with Crippen LogP contribution in [0.25, 0.3) is 11.1 Å². The fourth-order valence-electron chi connectivity index (χ4n) is 2.53. The van der Waals surface area contributed by atoms with Crippen LogP contribution in [0.2, 0.25) is 0 Å². The number of nitrogens with one attached hydrogen (secondary N) is 1. The van der Waals surface area contributed by atoms with Crippen LogP contribution in [-0.2, 0) is 6.54 Å². The van der Waals surface area contributed by atoms with E-state index in [0.717, 1.165) is 18.0 Å². The lowest BCUT2D eigenvalue weighted by Crippen LogP contribution is -2.26. The van der Waals surface area contributed by atoms with Crippen molar-refractivity contribution in [1.29, 1.82) is 0 Å². The largest absolute Gasteiger partial charge is 0.437 e. The summed E-state index contributed by atoms with van der Waals surface area (Å²) in [5.41, 5.74) is 1.82. The van der Waals surface area contributed by atoms with E-state index in [-0.39, 0.29) is 17.3 Å². The molecule has 1 N–H and O–H groups in total.